The van der Waals surface area contributed by atoms with Gasteiger partial charge in [0.15, 0.2) is 11.8 Å². The summed E-state index contributed by atoms with van der Waals surface area (Å²) in [6, 6.07) is 17.2. The summed E-state index contributed by atoms with van der Waals surface area (Å²) >= 11 is 0. The molecule has 0 bridgehead atoms. The van der Waals surface area contributed by atoms with Gasteiger partial charge in [-0.15, -0.1) is 0 Å². The summed E-state index contributed by atoms with van der Waals surface area (Å²) < 4.78 is 0. The van der Waals surface area contributed by atoms with E-state index in [-0.39, 0.29) is 23.8 Å². The lowest BCUT2D eigenvalue weighted by Gasteiger charge is -2.23. The minimum atomic E-state index is -0.222. The van der Waals surface area contributed by atoms with E-state index >= 15 is 0 Å². The van der Waals surface area contributed by atoms with E-state index in [2.05, 4.69) is 36.6 Å². The van der Waals surface area contributed by atoms with E-state index in [1.54, 1.807) is 24.3 Å². The Morgan fingerprint density at radius 2 is 1.52 bits per heavy atom. The van der Waals surface area contributed by atoms with E-state index in [1.165, 1.54) is 12.5 Å². The largest absolute Gasteiger partial charge is 0.330 e. The zero-order valence-electron chi connectivity index (χ0n) is 15.3. The van der Waals surface area contributed by atoms with E-state index in [0.717, 1.165) is 0 Å². The third-order valence-electron chi connectivity index (χ3n) is 4.37. The topological polar surface area (TPSA) is 62.8 Å². The Labute approximate surface area is 149 Å². The van der Waals surface area contributed by atoms with Crippen molar-refractivity contribution in [1.82, 2.24) is 0 Å². The highest BCUT2D eigenvalue weighted by Crippen LogP contribution is 2.17. The minimum Gasteiger partial charge on any atom is -0.330 e. The summed E-state index contributed by atoms with van der Waals surface area (Å²) in [4.78, 5) is 23.8. The molecule has 0 saturated carbocycles. The van der Waals surface area contributed by atoms with Crippen molar-refractivity contribution in [3.8, 4) is 0 Å². The van der Waals surface area contributed by atoms with Crippen LogP contribution in [0.15, 0.2) is 54.6 Å². The monoisotopic (exact) mass is 339 g/mol. The second kappa shape index (κ2) is 8.58. The first-order valence-electron chi connectivity index (χ1n) is 8.70. The molecule has 2 atom stereocenters. The van der Waals surface area contributed by atoms with Crippen LogP contribution in [0.25, 0.3) is 0 Å². The second-order valence-electron chi connectivity index (χ2n) is 6.78. The normalized spacial score (nSPS) is 13.3. The summed E-state index contributed by atoms with van der Waals surface area (Å²) in [7, 11) is 0. The SMILES string of the molecule is CC(=O)c1ccc(NC(=O)[C@H](C)[NH2+][C@H](c2ccccc2)C(C)C)cc1. The maximum absolute atomic E-state index is 12.5. The molecule has 0 saturated heterocycles. The summed E-state index contributed by atoms with van der Waals surface area (Å²) in [5, 5.41) is 5.03. The van der Waals surface area contributed by atoms with Crippen molar-refractivity contribution in [1.29, 1.82) is 0 Å². The smallest absolute Gasteiger partial charge is 0.282 e. The fourth-order valence-corrected chi connectivity index (χ4v) is 2.84. The number of Topliss-reactive ketones (excluding diaryl/α,β-unsaturated/α-hetero) is 1. The number of nitrogens with two attached hydrogens (primary N) is 1. The number of anilines is 1. The highest BCUT2D eigenvalue weighted by molar-refractivity contribution is 5.96. The van der Waals surface area contributed by atoms with Gasteiger partial charge in [-0.25, -0.2) is 0 Å². The Balaban J connectivity index is 2.02. The van der Waals surface area contributed by atoms with Crippen molar-refractivity contribution in [2.24, 2.45) is 5.92 Å². The summed E-state index contributed by atoms with van der Waals surface area (Å²) in [5.74, 6) is 0.381. The number of hydrogen-bond acceptors (Lipinski definition) is 2. The molecule has 0 radical (unpaired) electrons. The Hall–Kier alpha value is -2.46. The first-order chi connectivity index (χ1) is 11.9. The van der Waals surface area contributed by atoms with Crippen LogP contribution in [0.1, 0.15) is 49.7 Å². The number of ketones is 1. The molecule has 0 unspecified atom stereocenters. The summed E-state index contributed by atoms with van der Waals surface area (Å²) in [6.07, 6.45) is 0. The van der Waals surface area contributed by atoms with Crippen LogP contribution in [0.3, 0.4) is 0 Å². The predicted octanol–water partition coefficient (Wildman–Crippen LogP) is 3.18. The van der Waals surface area contributed by atoms with E-state index < -0.39 is 0 Å². The number of benzene rings is 2. The minimum absolute atomic E-state index is 0.0159. The number of quaternary nitrogens is 1. The van der Waals surface area contributed by atoms with Gasteiger partial charge in [-0.05, 0) is 38.1 Å². The zero-order chi connectivity index (χ0) is 18.4. The van der Waals surface area contributed by atoms with Gasteiger partial charge in [-0.2, -0.15) is 0 Å². The number of rotatable bonds is 7. The predicted molar refractivity (Wildman–Crippen MR) is 100 cm³/mol. The fraction of sp³-hybridized carbons (Fsp3) is 0.333. The molecule has 0 aromatic heterocycles. The number of hydrogen-bond donors (Lipinski definition) is 2. The van der Waals surface area contributed by atoms with Crippen LogP contribution in [0, 0.1) is 5.92 Å². The maximum Gasteiger partial charge on any atom is 0.282 e. The van der Waals surface area contributed by atoms with Crippen molar-refractivity contribution in [3.63, 3.8) is 0 Å². The Morgan fingerprint density at radius 3 is 2.04 bits per heavy atom. The highest BCUT2D eigenvalue weighted by Gasteiger charge is 2.25. The first-order valence-corrected chi connectivity index (χ1v) is 8.70. The molecule has 0 spiro atoms. The van der Waals surface area contributed by atoms with Gasteiger partial charge < -0.3 is 10.6 Å². The molecule has 2 aromatic rings. The van der Waals surface area contributed by atoms with Crippen molar-refractivity contribution in [2.45, 2.75) is 39.8 Å². The lowest BCUT2D eigenvalue weighted by Crippen LogP contribution is -2.93. The van der Waals surface area contributed by atoms with Crippen molar-refractivity contribution in [2.75, 3.05) is 5.32 Å². The van der Waals surface area contributed by atoms with Crippen molar-refractivity contribution in [3.05, 3.63) is 65.7 Å². The average molecular weight is 339 g/mol. The maximum atomic E-state index is 12.5. The molecule has 1 amide bonds. The lowest BCUT2D eigenvalue weighted by molar-refractivity contribution is -0.718. The van der Waals surface area contributed by atoms with E-state index in [4.69, 9.17) is 0 Å². The molecule has 4 heteroatoms. The molecule has 25 heavy (non-hydrogen) atoms. The zero-order valence-corrected chi connectivity index (χ0v) is 15.3. The number of carbonyl (C=O) groups is 2. The van der Waals surface area contributed by atoms with Crippen LogP contribution in [0.4, 0.5) is 5.69 Å². The molecule has 0 aliphatic rings. The van der Waals surface area contributed by atoms with Gasteiger partial charge in [0.25, 0.3) is 5.91 Å². The van der Waals surface area contributed by atoms with Gasteiger partial charge in [-0.3, -0.25) is 9.59 Å². The Morgan fingerprint density at radius 1 is 0.920 bits per heavy atom. The fourth-order valence-electron chi connectivity index (χ4n) is 2.84. The third kappa shape index (κ3) is 5.26. The van der Waals surface area contributed by atoms with Crippen LogP contribution >= 0.6 is 0 Å². The van der Waals surface area contributed by atoms with Gasteiger partial charge >= 0.3 is 0 Å². The van der Waals surface area contributed by atoms with Crippen molar-refractivity contribution < 1.29 is 14.9 Å². The lowest BCUT2D eigenvalue weighted by atomic mass is 9.95. The van der Waals surface area contributed by atoms with E-state index in [1.807, 2.05) is 25.1 Å². The summed E-state index contributed by atoms with van der Waals surface area (Å²) in [6.45, 7) is 7.77. The Bertz CT molecular complexity index is 708. The van der Waals surface area contributed by atoms with Crippen LogP contribution in [-0.4, -0.2) is 17.7 Å². The van der Waals surface area contributed by atoms with E-state index in [0.29, 0.717) is 17.2 Å². The van der Waals surface area contributed by atoms with Gasteiger partial charge in [0.05, 0.1) is 0 Å². The quantitative estimate of drug-likeness (QED) is 0.761. The standard InChI is InChI=1S/C21H26N2O2/c1-14(2)20(18-8-6-5-7-9-18)22-15(3)21(25)23-19-12-10-17(11-13-19)16(4)24/h5-15,20,22H,1-4H3,(H,23,25)/p+1/t15-,20-/m0/s1. The van der Waals surface area contributed by atoms with Crippen LogP contribution in [-0.2, 0) is 4.79 Å². The molecular weight excluding hydrogens is 312 g/mol. The first kappa shape index (κ1) is 18.9. The number of nitrogens with one attached hydrogen (secondary N) is 1. The molecule has 2 rings (SSSR count). The van der Waals surface area contributed by atoms with Crippen LogP contribution < -0.4 is 10.6 Å². The van der Waals surface area contributed by atoms with Crippen molar-refractivity contribution >= 4 is 17.4 Å². The van der Waals surface area contributed by atoms with E-state index in [9.17, 15) is 9.59 Å². The van der Waals surface area contributed by atoms with Gasteiger partial charge in [0, 0.05) is 22.7 Å². The highest BCUT2D eigenvalue weighted by atomic mass is 16.2. The average Bonchev–Trinajstić information content (AvgIpc) is 2.60. The molecular formula is C21H27N2O2+. The van der Waals surface area contributed by atoms with Gasteiger partial charge in [0.2, 0.25) is 0 Å². The Kier molecular flexibility index (Phi) is 6.48. The van der Waals surface area contributed by atoms with Crippen LogP contribution in [0.5, 0.6) is 0 Å². The molecule has 4 nitrogen and oxygen atoms in total. The molecule has 3 N–H and O–H groups in total. The molecule has 0 heterocycles. The molecule has 132 valence electrons. The molecule has 0 aliphatic carbocycles. The van der Waals surface area contributed by atoms with Gasteiger partial charge in [0.1, 0.15) is 6.04 Å². The molecule has 2 aromatic carbocycles. The summed E-state index contributed by atoms with van der Waals surface area (Å²) in [5.41, 5.74) is 2.57. The van der Waals surface area contributed by atoms with Crippen LogP contribution in [0.2, 0.25) is 0 Å². The second-order valence-corrected chi connectivity index (χ2v) is 6.78. The number of carbonyl (C=O) groups excluding carboxylic acids is 2. The number of amides is 1. The molecule has 0 aliphatic heterocycles. The third-order valence-corrected chi connectivity index (χ3v) is 4.37. The van der Waals surface area contributed by atoms with Gasteiger partial charge in [-0.1, -0.05) is 44.2 Å². The molecule has 0 fully saturated rings.